The molecule has 1 saturated carbocycles. The highest BCUT2D eigenvalue weighted by molar-refractivity contribution is 5.94. The minimum Gasteiger partial charge on any atom is -0.368 e. The van der Waals surface area contributed by atoms with Gasteiger partial charge in [0.1, 0.15) is 6.04 Å². The summed E-state index contributed by atoms with van der Waals surface area (Å²) >= 11 is 0. The fraction of sp³-hybridized carbons (Fsp3) is 0.407. The molecule has 3 N–H and O–H groups in total. The molecule has 2 aromatic rings. The number of carbonyl (C=O) groups is 3. The van der Waals surface area contributed by atoms with Gasteiger partial charge in [-0.05, 0) is 49.4 Å². The quantitative estimate of drug-likeness (QED) is 0.600. The number of nitrogens with two attached hydrogens (primary N) is 1. The van der Waals surface area contributed by atoms with E-state index in [4.69, 9.17) is 5.73 Å². The number of carbonyl (C=O) groups excluding carboxylic acids is 3. The molecular formula is C27H33N5O3. The van der Waals surface area contributed by atoms with E-state index in [0.29, 0.717) is 37.3 Å². The Balaban J connectivity index is 1.39. The van der Waals surface area contributed by atoms with Crippen molar-refractivity contribution >= 4 is 30.1 Å². The standard InChI is InChI=1S/C27H33N5O3/c1-29-21-13-11-20(12-14-21)27(35)32-17-15-31(16-18-32)23-10-6-5-9-22(23)26(34)30-24(25(28)33)19-7-3-2-4-8-19/h2-4,7-8,11-14,22-24H,1,5-6,9-10,15-18H2,(H2,28,33)(H,30,34)/t22-,23-,24+/m1/s1. The van der Waals surface area contributed by atoms with Crippen molar-refractivity contribution in [3.8, 4) is 0 Å². The summed E-state index contributed by atoms with van der Waals surface area (Å²) < 4.78 is 0. The molecule has 3 atom stereocenters. The van der Waals surface area contributed by atoms with Crippen LogP contribution in [0.2, 0.25) is 0 Å². The Morgan fingerprint density at radius 1 is 0.943 bits per heavy atom. The zero-order valence-electron chi connectivity index (χ0n) is 19.9. The maximum atomic E-state index is 13.3. The van der Waals surface area contributed by atoms with Crippen LogP contribution in [0.5, 0.6) is 0 Å². The number of rotatable bonds is 7. The maximum Gasteiger partial charge on any atom is 0.253 e. The average molecular weight is 476 g/mol. The summed E-state index contributed by atoms with van der Waals surface area (Å²) in [6, 6.07) is 15.5. The van der Waals surface area contributed by atoms with Crippen molar-refractivity contribution in [1.29, 1.82) is 0 Å². The van der Waals surface area contributed by atoms with E-state index in [1.807, 2.05) is 23.1 Å². The van der Waals surface area contributed by atoms with E-state index in [1.54, 1.807) is 36.4 Å². The first kappa shape index (κ1) is 24.6. The van der Waals surface area contributed by atoms with Crippen LogP contribution in [0.15, 0.2) is 59.6 Å². The van der Waals surface area contributed by atoms with Crippen molar-refractivity contribution in [3.63, 3.8) is 0 Å². The van der Waals surface area contributed by atoms with Crippen LogP contribution in [0.3, 0.4) is 0 Å². The lowest BCUT2D eigenvalue weighted by molar-refractivity contribution is -0.133. The number of aliphatic imine (C=N–C) groups is 1. The van der Waals surface area contributed by atoms with Gasteiger partial charge >= 0.3 is 0 Å². The van der Waals surface area contributed by atoms with Crippen LogP contribution in [-0.4, -0.2) is 66.5 Å². The number of benzene rings is 2. The fourth-order valence-corrected chi connectivity index (χ4v) is 5.22. The topological polar surface area (TPSA) is 108 Å². The van der Waals surface area contributed by atoms with Gasteiger partial charge in [-0.3, -0.25) is 24.3 Å². The van der Waals surface area contributed by atoms with Crippen molar-refractivity contribution < 1.29 is 14.4 Å². The van der Waals surface area contributed by atoms with Gasteiger partial charge in [0.2, 0.25) is 11.8 Å². The maximum absolute atomic E-state index is 13.3. The third-order valence-electron chi connectivity index (χ3n) is 7.14. The van der Waals surface area contributed by atoms with Crippen LogP contribution < -0.4 is 11.1 Å². The van der Waals surface area contributed by atoms with E-state index in [1.165, 1.54) is 0 Å². The molecule has 8 nitrogen and oxygen atoms in total. The molecule has 1 aliphatic carbocycles. The van der Waals surface area contributed by atoms with Crippen LogP contribution >= 0.6 is 0 Å². The second-order valence-corrected chi connectivity index (χ2v) is 9.25. The number of hydrogen-bond acceptors (Lipinski definition) is 5. The number of primary amides is 1. The zero-order valence-corrected chi connectivity index (χ0v) is 19.9. The molecule has 0 unspecified atom stereocenters. The van der Waals surface area contributed by atoms with Crippen molar-refractivity contribution in [3.05, 3.63) is 65.7 Å². The van der Waals surface area contributed by atoms with Gasteiger partial charge < -0.3 is 16.0 Å². The van der Waals surface area contributed by atoms with Crippen LogP contribution in [0, 0.1) is 5.92 Å². The summed E-state index contributed by atoms with van der Waals surface area (Å²) in [4.78, 5) is 46.4. The molecule has 1 aliphatic heterocycles. The lowest BCUT2D eigenvalue weighted by Crippen LogP contribution is -2.56. The lowest BCUT2D eigenvalue weighted by atomic mass is 9.82. The molecule has 4 rings (SSSR count). The van der Waals surface area contributed by atoms with Gasteiger partial charge in [0.05, 0.1) is 11.6 Å². The third-order valence-corrected chi connectivity index (χ3v) is 7.14. The molecule has 184 valence electrons. The Morgan fingerprint density at radius 3 is 2.23 bits per heavy atom. The van der Waals surface area contributed by atoms with Crippen molar-refractivity contribution in [2.24, 2.45) is 16.6 Å². The van der Waals surface area contributed by atoms with Crippen molar-refractivity contribution in [2.75, 3.05) is 26.2 Å². The van der Waals surface area contributed by atoms with Crippen molar-refractivity contribution in [1.82, 2.24) is 15.1 Å². The highest BCUT2D eigenvalue weighted by Gasteiger charge is 2.38. The van der Waals surface area contributed by atoms with Gasteiger partial charge in [0.15, 0.2) is 0 Å². The average Bonchev–Trinajstić information content (AvgIpc) is 2.91. The van der Waals surface area contributed by atoms with Gasteiger partial charge in [-0.25, -0.2) is 0 Å². The first-order chi connectivity index (χ1) is 17.0. The largest absolute Gasteiger partial charge is 0.368 e. The molecule has 0 spiro atoms. The van der Waals surface area contributed by atoms with Gasteiger partial charge in [0, 0.05) is 37.8 Å². The summed E-state index contributed by atoms with van der Waals surface area (Å²) in [5.41, 5.74) is 7.68. The second-order valence-electron chi connectivity index (χ2n) is 9.25. The molecule has 0 bridgehead atoms. The molecule has 0 aromatic heterocycles. The highest BCUT2D eigenvalue weighted by atomic mass is 16.2. The smallest absolute Gasteiger partial charge is 0.253 e. The Kier molecular flexibility index (Phi) is 7.92. The Hall–Kier alpha value is -3.52. The molecule has 2 fully saturated rings. The van der Waals surface area contributed by atoms with Gasteiger partial charge in [-0.1, -0.05) is 43.2 Å². The molecule has 8 heteroatoms. The summed E-state index contributed by atoms with van der Waals surface area (Å²) in [6.07, 6.45) is 3.75. The number of nitrogens with one attached hydrogen (secondary N) is 1. The van der Waals surface area contributed by atoms with Crippen LogP contribution in [-0.2, 0) is 9.59 Å². The number of hydrogen-bond donors (Lipinski definition) is 2. The van der Waals surface area contributed by atoms with E-state index in [9.17, 15) is 14.4 Å². The van der Waals surface area contributed by atoms with E-state index >= 15 is 0 Å². The summed E-state index contributed by atoms with van der Waals surface area (Å²) in [6.45, 7) is 6.15. The number of nitrogens with zero attached hydrogens (tertiary/aromatic N) is 3. The second kappa shape index (κ2) is 11.3. The Bertz CT molecular complexity index is 1050. The number of piperazine rings is 1. The fourth-order valence-electron chi connectivity index (χ4n) is 5.22. The monoisotopic (exact) mass is 475 g/mol. The molecule has 1 saturated heterocycles. The summed E-state index contributed by atoms with van der Waals surface area (Å²) in [5.74, 6) is -0.904. The van der Waals surface area contributed by atoms with Gasteiger partial charge in [-0.15, -0.1) is 0 Å². The van der Waals surface area contributed by atoms with E-state index in [2.05, 4.69) is 21.9 Å². The van der Waals surface area contributed by atoms with E-state index < -0.39 is 11.9 Å². The molecule has 35 heavy (non-hydrogen) atoms. The Morgan fingerprint density at radius 2 is 1.60 bits per heavy atom. The predicted octanol–water partition coefficient (Wildman–Crippen LogP) is 2.68. The zero-order chi connectivity index (χ0) is 24.8. The normalized spacial score (nSPS) is 21.7. The van der Waals surface area contributed by atoms with Gasteiger partial charge in [-0.2, -0.15) is 0 Å². The molecule has 3 amide bonds. The van der Waals surface area contributed by atoms with Gasteiger partial charge in [0.25, 0.3) is 5.91 Å². The summed E-state index contributed by atoms with van der Waals surface area (Å²) in [5, 5.41) is 2.91. The first-order valence-electron chi connectivity index (χ1n) is 12.2. The molecular weight excluding hydrogens is 442 g/mol. The minimum atomic E-state index is -0.844. The third kappa shape index (κ3) is 5.77. The lowest BCUT2D eigenvalue weighted by Gasteiger charge is -2.44. The summed E-state index contributed by atoms with van der Waals surface area (Å²) in [7, 11) is 0. The van der Waals surface area contributed by atoms with Crippen molar-refractivity contribution in [2.45, 2.75) is 37.8 Å². The SMILES string of the molecule is C=Nc1ccc(C(=O)N2CCN([C@@H]3CCCC[C@H]3C(=O)N[C@H](C(N)=O)c3ccccc3)CC2)cc1. The van der Waals surface area contributed by atoms with Crippen LogP contribution in [0.25, 0.3) is 0 Å². The first-order valence-corrected chi connectivity index (χ1v) is 12.2. The molecule has 0 radical (unpaired) electrons. The molecule has 2 aromatic carbocycles. The number of amides is 3. The van der Waals surface area contributed by atoms with E-state index in [-0.39, 0.29) is 23.8 Å². The highest BCUT2D eigenvalue weighted by Crippen LogP contribution is 2.30. The van der Waals surface area contributed by atoms with Crippen LogP contribution in [0.1, 0.15) is 47.6 Å². The van der Waals surface area contributed by atoms with E-state index in [0.717, 1.165) is 31.4 Å². The van der Waals surface area contributed by atoms with Crippen LogP contribution in [0.4, 0.5) is 5.69 Å². The Labute approximate surface area is 206 Å². The molecule has 2 aliphatic rings. The predicted molar refractivity (Wildman–Crippen MR) is 135 cm³/mol. The minimum absolute atomic E-state index is 0.00496. The molecule has 1 heterocycles.